The van der Waals surface area contributed by atoms with Crippen molar-refractivity contribution in [3.63, 3.8) is 0 Å². The van der Waals surface area contributed by atoms with Crippen LogP contribution in [0.1, 0.15) is 46.1 Å². The van der Waals surface area contributed by atoms with Crippen LogP contribution in [-0.4, -0.2) is 34.0 Å². The van der Waals surface area contributed by atoms with Crippen LogP contribution in [0.2, 0.25) is 0 Å². The second-order valence-corrected chi connectivity index (χ2v) is 7.23. The van der Waals surface area contributed by atoms with Gasteiger partial charge in [0.2, 0.25) is 11.7 Å². The summed E-state index contributed by atoms with van der Waals surface area (Å²) < 4.78 is 5.55. The normalized spacial score (nSPS) is 17.1. The zero-order chi connectivity index (χ0) is 18.8. The highest BCUT2D eigenvalue weighted by Crippen LogP contribution is 2.28. The van der Waals surface area contributed by atoms with Gasteiger partial charge in [-0.15, -0.1) is 0 Å². The molecule has 1 unspecified atom stereocenters. The van der Waals surface area contributed by atoms with Gasteiger partial charge in [0.1, 0.15) is 0 Å². The maximum Gasteiger partial charge on any atom is 0.254 e. The van der Waals surface area contributed by atoms with E-state index in [2.05, 4.69) is 10.1 Å². The van der Waals surface area contributed by atoms with Crippen molar-refractivity contribution in [1.29, 1.82) is 0 Å². The van der Waals surface area contributed by atoms with Gasteiger partial charge < -0.3 is 9.42 Å². The zero-order valence-corrected chi connectivity index (χ0v) is 15.7. The molecule has 27 heavy (non-hydrogen) atoms. The summed E-state index contributed by atoms with van der Waals surface area (Å²) in [7, 11) is 0. The molecule has 1 aromatic heterocycles. The topological polar surface area (TPSA) is 59.2 Å². The van der Waals surface area contributed by atoms with Gasteiger partial charge >= 0.3 is 0 Å². The number of hydrogen-bond donors (Lipinski definition) is 0. The van der Waals surface area contributed by atoms with Crippen molar-refractivity contribution in [2.24, 2.45) is 0 Å². The minimum atomic E-state index is 0.0797. The molecule has 1 atom stereocenters. The van der Waals surface area contributed by atoms with Gasteiger partial charge in [0.05, 0.1) is 5.92 Å². The van der Waals surface area contributed by atoms with E-state index in [1.54, 1.807) is 0 Å². The van der Waals surface area contributed by atoms with E-state index in [1.165, 1.54) is 5.56 Å². The van der Waals surface area contributed by atoms with Crippen molar-refractivity contribution in [2.75, 3.05) is 13.1 Å². The fraction of sp³-hybridized carbons (Fsp3) is 0.318. The summed E-state index contributed by atoms with van der Waals surface area (Å²) >= 11 is 0. The highest BCUT2D eigenvalue weighted by atomic mass is 16.5. The van der Waals surface area contributed by atoms with Crippen LogP contribution in [0.25, 0.3) is 11.4 Å². The highest BCUT2D eigenvalue weighted by molar-refractivity contribution is 5.95. The molecule has 0 saturated carbocycles. The summed E-state index contributed by atoms with van der Waals surface area (Å²) in [4.78, 5) is 19.4. The summed E-state index contributed by atoms with van der Waals surface area (Å²) in [5.74, 6) is 1.38. The molecule has 5 heteroatoms. The molecular formula is C22H23N3O2. The van der Waals surface area contributed by atoms with Crippen molar-refractivity contribution < 1.29 is 9.32 Å². The van der Waals surface area contributed by atoms with Crippen LogP contribution >= 0.6 is 0 Å². The Morgan fingerprint density at radius 3 is 2.67 bits per heavy atom. The van der Waals surface area contributed by atoms with Crippen LogP contribution in [0.3, 0.4) is 0 Å². The smallest absolute Gasteiger partial charge is 0.254 e. The van der Waals surface area contributed by atoms with Crippen LogP contribution in [0, 0.1) is 13.8 Å². The Balaban J connectivity index is 1.51. The number of carbonyl (C=O) groups excluding carboxylic acids is 1. The molecule has 0 N–H and O–H groups in total. The van der Waals surface area contributed by atoms with Crippen LogP contribution in [0.15, 0.2) is 53.1 Å². The van der Waals surface area contributed by atoms with E-state index in [9.17, 15) is 4.79 Å². The molecule has 0 bridgehead atoms. The first-order valence-electron chi connectivity index (χ1n) is 9.37. The summed E-state index contributed by atoms with van der Waals surface area (Å²) in [5.41, 5.74) is 3.91. The second kappa shape index (κ2) is 7.35. The maximum absolute atomic E-state index is 12.9. The standard InChI is InChI=1S/C22H23N3O2/c1-15-9-11-17(12-10-15)20-23-21(27-24-20)18-7-5-13-25(14-18)22(26)19-8-4-3-6-16(19)2/h3-4,6,8-12,18H,5,7,13-14H2,1-2H3. The molecule has 0 aliphatic carbocycles. The molecule has 1 amide bonds. The van der Waals surface area contributed by atoms with Gasteiger partial charge in [-0.05, 0) is 38.3 Å². The first-order valence-corrected chi connectivity index (χ1v) is 9.37. The molecule has 4 rings (SSSR count). The monoisotopic (exact) mass is 361 g/mol. The van der Waals surface area contributed by atoms with Crippen LogP contribution in [0.4, 0.5) is 0 Å². The van der Waals surface area contributed by atoms with Gasteiger partial charge in [0.15, 0.2) is 0 Å². The number of piperidine rings is 1. The average Bonchev–Trinajstić information content (AvgIpc) is 3.19. The molecule has 1 aliphatic rings. The number of likely N-dealkylation sites (tertiary alicyclic amines) is 1. The first-order chi connectivity index (χ1) is 13.1. The molecule has 138 valence electrons. The second-order valence-electron chi connectivity index (χ2n) is 7.23. The Morgan fingerprint density at radius 2 is 1.89 bits per heavy atom. The minimum absolute atomic E-state index is 0.0797. The van der Waals surface area contributed by atoms with Crippen molar-refractivity contribution in [2.45, 2.75) is 32.6 Å². The Morgan fingerprint density at radius 1 is 1.11 bits per heavy atom. The van der Waals surface area contributed by atoms with E-state index >= 15 is 0 Å². The number of aromatic nitrogens is 2. The summed E-state index contributed by atoms with van der Waals surface area (Å²) in [6.07, 6.45) is 1.89. The molecule has 3 aromatic rings. The van der Waals surface area contributed by atoms with E-state index < -0.39 is 0 Å². The Kier molecular flexibility index (Phi) is 4.75. The van der Waals surface area contributed by atoms with Gasteiger partial charge in [-0.1, -0.05) is 53.2 Å². The number of benzene rings is 2. The Labute approximate surface area is 159 Å². The fourth-order valence-electron chi connectivity index (χ4n) is 3.57. The number of amides is 1. The van der Waals surface area contributed by atoms with Crippen LogP contribution in [0.5, 0.6) is 0 Å². The number of nitrogens with zero attached hydrogens (tertiary/aromatic N) is 3. The lowest BCUT2D eigenvalue weighted by molar-refractivity contribution is 0.0695. The highest BCUT2D eigenvalue weighted by Gasteiger charge is 2.29. The van der Waals surface area contributed by atoms with Gasteiger partial charge in [-0.25, -0.2) is 0 Å². The van der Waals surface area contributed by atoms with Gasteiger partial charge in [0, 0.05) is 24.2 Å². The van der Waals surface area contributed by atoms with E-state index in [4.69, 9.17) is 4.52 Å². The molecular weight excluding hydrogens is 338 g/mol. The minimum Gasteiger partial charge on any atom is -0.339 e. The third-order valence-electron chi connectivity index (χ3n) is 5.18. The van der Waals surface area contributed by atoms with E-state index in [-0.39, 0.29) is 11.8 Å². The third-order valence-corrected chi connectivity index (χ3v) is 5.18. The van der Waals surface area contributed by atoms with Crippen LogP contribution < -0.4 is 0 Å². The number of rotatable bonds is 3. The number of carbonyl (C=O) groups is 1. The fourth-order valence-corrected chi connectivity index (χ4v) is 3.57. The van der Waals surface area contributed by atoms with Crippen LogP contribution in [-0.2, 0) is 0 Å². The lowest BCUT2D eigenvalue weighted by Gasteiger charge is -2.31. The largest absolute Gasteiger partial charge is 0.339 e. The summed E-state index contributed by atoms with van der Waals surface area (Å²) in [5, 5.41) is 4.14. The van der Waals surface area contributed by atoms with E-state index in [0.29, 0.717) is 18.3 Å². The Bertz CT molecular complexity index is 946. The number of hydrogen-bond acceptors (Lipinski definition) is 4. The molecule has 0 radical (unpaired) electrons. The lowest BCUT2D eigenvalue weighted by Crippen LogP contribution is -2.39. The Hall–Kier alpha value is -2.95. The third kappa shape index (κ3) is 3.63. The van der Waals surface area contributed by atoms with Gasteiger partial charge in [0.25, 0.3) is 5.91 Å². The van der Waals surface area contributed by atoms with Crippen molar-refractivity contribution in [3.05, 3.63) is 71.1 Å². The predicted octanol–water partition coefficient (Wildman–Crippen LogP) is 4.37. The maximum atomic E-state index is 12.9. The van der Waals surface area contributed by atoms with Gasteiger partial charge in [-0.2, -0.15) is 4.98 Å². The predicted molar refractivity (Wildman–Crippen MR) is 104 cm³/mol. The van der Waals surface area contributed by atoms with Gasteiger partial charge in [-0.3, -0.25) is 4.79 Å². The number of aryl methyl sites for hydroxylation is 2. The van der Waals surface area contributed by atoms with E-state index in [1.807, 2.05) is 67.3 Å². The molecule has 1 fully saturated rings. The summed E-state index contributed by atoms with van der Waals surface area (Å²) in [6, 6.07) is 15.8. The molecule has 1 aliphatic heterocycles. The molecule has 2 heterocycles. The van der Waals surface area contributed by atoms with E-state index in [0.717, 1.165) is 36.1 Å². The summed E-state index contributed by atoms with van der Waals surface area (Å²) in [6.45, 7) is 5.40. The molecule has 0 spiro atoms. The first kappa shape index (κ1) is 17.5. The molecule has 5 nitrogen and oxygen atoms in total. The zero-order valence-electron chi connectivity index (χ0n) is 15.7. The van der Waals surface area contributed by atoms with Crippen molar-refractivity contribution >= 4 is 5.91 Å². The lowest BCUT2D eigenvalue weighted by atomic mass is 9.96. The molecule has 2 aromatic carbocycles. The average molecular weight is 361 g/mol. The SMILES string of the molecule is Cc1ccc(-c2noc(C3CCCN(C(=O)c4ccccc4C)C3)n2)cc1. The van der Waals surface area contributed by atoms with Crippen molar-refractivity contribution in [1.82, 2.24) is 15.0 Å². The molecule has 1 saturated heterocycles. The van der Waals surface area contributed by atoms with Crippen molar-refractivity contribution in [3.8, 4) is 11.4 Å². The quantitative estimate of drug-likeness (QED) is 0.695.